The van der Waals surface area contributed by atoms with E-state index in [0.717, 1.165) is 21.9 Å². The van der Waals surface area contributed by atoms with Gasteiger partial charge in [0.05, 0.1) is 35.9 Å². The van der Waals surface area contributed by atoms with Gasteiger partial charge < -0.3 is 10.2 Å². The van der Waals surface area contributed by atoms with Gasteiger partial charge in [0, 0.05) is 16.4 Å². The van der Waals surface area contributed by atoms with Gasteiger partial charge in [-0.25, -0.2) is 8.42 Å². The number of likely N-dealkylation sites (N-methyl/N-ethyl adjacent to an activating group) is 1. The number of amides is 1. The molecule has 0 radical (unpaired) electrons. The molecule has 0 saturated carbocycles. The second kappa shape index (κ2) is 8.23. The highest BCUT2D eigenvalue weighted by atomic mass is 35.5. The standard InChI is InChI=1S/C19H25ClN4O3S/c1-13-18(14(2)24(22-13)17-7-8-28(26,27)12-17)10-23(3)11-19(25)21-16-6-4-5-15(20)9-16/h4-6,9,17H,7-8,10-12H2,1-3H3,(H,21,25)/p+1/t17-/m0/s1. The van der Waals surface area contributed by atoms with Gasteiger partial charge in [0.15, 0.2) is 16.4 Å². The molecule has 2 atom stereocenters. The summed E-state index contributed by atoms with van der Waals surface area (Å²) in [5.74, 6) is 0.281. The molecular formula is C19H26ClN4O3S+. The molecule has 9 heteroatoms. The number of carbonyl (C=O) groups is 1. The van der Waals surface area contributed by atoms with Crippen molar-refractivity contribution in [3.8, 4) is 0 Å². The highest BCUT2D eigenvalue weighted by molar-refractivity contribution is 7.91. The molecule has 7 nitrogen and oxygen atoms in total. The van der Waals surface area contributed by atoms with E-state index in [9.17, 15) is 13.2 Å². The average molecular weight is 426 g/mol. The fourth-order valence-electron chi connectivity index (χ4n) is 3.69. The fraction of sp³-hybridized carbons (Fsp3) is 0.474. The van der Waals surface area contributed by atoms with E-state index in [1.807, 2.05) is 25.6 Å². The number of anilines is 1. The lowest BCUT2D eigenvalue weighted by molar-refractivity contribution is -0.885. The molecule has 1 saturated heterocycles. The van der Waals surface area contributed by atoms with Gasteiger partial charge in [-0.1, -0.05) is 17.7 Å². The summed E-state index contributed by atoms with van der Waals surface area (Å²) >= 11 is 5.95. The number of aromatic nitrogens is 2. The molecule has 2 aromatic rings. The van der Waals surface area contributed by atoms with Crippen LogP contribution in [0.2, 0.25) is 5.02 Å². The molecular weight excluding hydrogens is 400 g/mol. The number of benzene rings is 1. The predicted molar refractivity (Wildman–Crippen MR) is 110 cm³/mol. The third-order valence-corrected chi connectivity index (χ3v) is 7.06. The van der Waals surface area contributed by atoms with Gasteiger partial charge in [0.25, 0.3) is 5.91 Å². The molecule has 1 aliphatic heterocycles. The van der Waals surface area contributed by atoms with Crippen LogP contribution in [-0.2, 0) is 21.2 Å². The second-order valence-electron chi connectivity index (χ2n) is 7.52. The van der Waals surface area contributed by atoms with E-state index in [-0.39, 0.29) is 23.5 Å². The predicted octanol–water partition coefficient (Wildman–Crippen LogP) is 1.17. The van der Waals surface area contributed by atoms with Gasteiger partial charge in [0.1, 0.15) is 6.54 Å². The minimum absolute atomic E-state index is 0.0932. The first-order valence-electron chi connectivity index (χ1n) is 9.26. The summed E-state index contributed by atoms with van der Waals surface area (Å²) in [6.07, 6.45) is 0.606. The molecule has 1 amide bonds. The minimum atomic E-state index is -2.96. The molecule has 1 fully saturated rings. The van der Waals surface area contributed by atoms with Gasteiger partial charge in [-0.3, -0.25) is 9.48 Å². The molecule has 2 heterocycles. The first kappa shape index (κ1) is 20.8. The maximum atomic E-state index is 12.3. The van der Waals surface area contributed by atoms with Crippen molar-refractivity contribution < 1.29 is 18.1 Å². The highest BCUT2D eigenvalue weighted by Crippen LogP contribution is 2.26. The molecule has 1 aliphatic rings. The van der Waals surface area contributed by atoms with Crippen LogP contribution < -0.4 is 10.2 Å². The Morgan fingerprint density at radius 2 is 2.14 bits per heavy atom. The Kier molecular flexibility index (Phi) is 6.12. The van der Waals surface area contributed by atoms with E-state index in [4.69, 9.17) is 11.6 Å². The number of rotatable bonds is 6. The van der Waals surface area contributed by atoms with Gasteiger partial charge in [0.2, 0.25) is 0 Å². The second-order valence-corrected chi connectivity index (χ2v) is 10.2. The van der Waals surface area contributed by atoms with E-state index in [1.54, 1.807) is 24.3 Å². The topological polar surface area (TPSA) is 85.5 Å². The number of nitrogens with zero attached hydrogens (tertiary/aromatic N) is 2. The van der Waals surface area contributed by atoms with Crippen LogP contribution in [0.15, 0.2) is 24.3 Å². The van der Waals surface area contributed by atoms with Gasteiger partial charge in [-0.05, 0) is 38.5 Å². The van der Waals surface area contributed by atoms with Gasteiger partial charge in [-0.15, -0.1) is 0 Å². The molecule has 1 unspecified atom stereocenters. The zero-order valence-corrected chi connectivity index (χ0v) is 17.9. The summed E-state index contributed by atoms with van der Waals surface area (Å²) in [6.45, 7) is 4.84. The number of aryl methyl sites for hydroxylation is 1. The number of halogens is 1. The Morgan fingerprint density at radius 1 is 1.39 bits per heavy atom. The zero-order valence-electron chi connectivity index (χ0n) is 16.3. The van der Waals surface area contributed by atoms with Crippen LogP contribution in [0.25, 0.3) is 0 Å². The van der Waals surface area contributed by atoms with Crippen LogP contribution in [0.4, 0.5) is 5.69 Å². The van der Waals surface area contributed by atoms with Crippen LogP contribution in [0, 0.1) is 13.8 Å². The molecule has 0 aliphatic carbocycles. The van der Waals surface area contributed by atoms with Gasteiger partial charge in [-0.2, -0.15) is 5.10 Å². The molecule has 0 bridgehead atoms. The normalized spacial score (nSPS) is 19.5. The van der Waals surface area contributed by atoms with E-state index < -0.39 is 9.84 Å². The number of hydrogen-bond acceptors (Lipinski definition) is 4. The van der Waals surface area contributed by atoms with Crippen molar-refractivity contribution in [1.29, 1.82) is 0 Å². The maximum Gasteiger partial charge on any atom is 0.279 e. The number of nitrogens with one attached hydrogen (secondary N) is 2. The number of quaternary nitrogens is 1. The third-order valence-electron chi connectivity index (χ3n) is 5.08. The highest BCUT2D eigenvalue weighted by Gasteiger charge is 2.31. The van der Waals surface area contributed by atoms with E-state index in [0.29, 0.717) is 30.2 Å². The summed E-state index contributed by atoms with van der Waals surface area (Å²) in [5, 5.41) is 8.02. The first-order valence-corrected chi connectivity index (χ1v) is 11.5. The van der Waals surface area contributed by atoms with Crippen molar-refractivity contribution >= 4 is 33.0 Å². The summed E-state index contributed by atoms with van der Waals surface area (Å²) in [5.41, 5.74) is 3.61. The molecule has 1 aromatic carbocycles. The smallest absolute Gasteiger partial charge is 0.279 e. The lowest BCUT2D eigenvalue weighted by atomic mass is 10.1. The molecule has 2 N–H and O–H groups in total. The van der Waals surface area contributed by atoms with Crippen molar-refractivity contribution in [2.24, 2.45) is 0 Å². The molecule has 1 aromatic heterocycles. The molecule has 3 rings (SSSR count). The van der Waals surface area contributed by atoms with Crippen molar-refractivity contribution in [3.05, 3.63) is 46.2 Å². The van der Waals surface area contributed by atoms with E-state index in [1.165, 1.54) is 0 Å². The fourth-order valence-corrected chi connectivity index (χ4v) is 5.57. The van der Waals surface area contributed by atoms with Gasteiger partial charge >= 0.3 is 0 Å². The van der Waals surface area contributed by atoms with Crippen LogP contribution in [0.5, 0.6) is 0 Å². The molecule has 28 heavy (non-hydrogen) atoms. The Balaban J connectivity index is 1.64. The van der Waals surface area contributed by atoms with Crippen molar-refractivity contribution in [1.82, 2.24) is 9.78 Å². The Labute approximate surface area is 170 Å². The lowest BCUT2D eigenvalue weighted by Gasteiger charge is -2.15. The average Bonchev–Trinajstić information content (AvgIpc) is 3.08. The zero-order chi connectivity index (χ0) is 20.5. The third kappa shape index (κ3) is 4.92. The maximum absolute atomic E-state index is 12.3. The molecule has 0 spiro atoms. The largest absolute Gasteiger partial charge is 0.326 e. The summed E-state index contributed by atoms with van der Waals surface area (Å²) in [6, 6.07) is 6.96. The first-order chi connectivity index (χ1) is 13.1. The van der Waals surface area contributed by atoms with Crippen molar-refractivity contribution in [3.63, 3.8) is 0 Å². The summed E-state index contributed by atoms with van der Waals surface area (Å²) in [7, 11) is -1.01. The SMILES string of the molecule is Cc1nn([C@H]2CCS(=O)(=O)C2)c(C)c1C[NH+](C)CC(=O)Nc1cccc(Cl)c1. The monoisotopic (exact) mass is 425 g/mol. The van der Waals surface area contributed by atoms with Crippen LogP contribution in [0.1, 0.15) is 29.4 Å². The number of carbonyl (C=O) groups excluding carboxylic acids is 1. The Bertz CT molecular complexity index is 987. The summed E-state index contributed by atoms with van der Waals surface area (Å²) in [4.78, 5) is 13.3. The van der Waals surface area contributed by atoms with Crippen LogP contribution >= 0.6 is 11.6 Å². The Hall–Kier alpha value is -1.90. The quantitative estimate of drug-likeness (QED) is 0.727. The molecule has 152 valence electrons. The Morgan fingerprint density at radius 3 is 2.79 bits per heavy atom. The van der Waals surface area contributed by atoms with Crippen LogP contribution in [0.3, 0.4) is 0 Å². The van der Waals surface area contributed by atoms with Crippen LogP contribution in [-0.4, -0.2) is 49.2 Å². The minimum Gasteiger partial charge on any atom is -0.326 e. The van der Waals surface area contributed by atoms with Crippen molar-refractivity contribution in [2.45, 2.75) is 32.9 Å². The van der Waals surface area contributed by atoms with Crippen molar-refractivity contribution in [2.75, 3.05) is 30.4 Å². The lowest BCUT2D eigenvalue weighted by Crippen LogP contribution is -3.08. The number of sulfone groups is 1. The van der Waals surface area contributed by atoms with E-state index >= 15 is 0 Å². The summed E-state index contributed by atoms with van der Waals surface area (Å²) < 4.78 is 25.4. The number of hydrogen-bond donors (Lipinski definition) is 2. The van der Waals surface area contributed by atoms with E-state index in [2.05, 4.69) is 10.4 Å².